The summed E-state index contributed by atoms with van der Waals surface area (Å²) in [4.78, 5) is 0. The van der Waals surface area contributed by atoms with E-state index in [1.165, 1.54) is 32.1 Å². The number of hydrogen-bond donors (Lipinski definition) is 0. The van der Waals surface area contributed by atoms with E-state index in [0.717, 1.165) is 5.92 Å². The van der Waals surface area contributed by atoms with Crippen LogP contribution >= 0.6 is 0 Å². The SMILES string of the molecule is CC1(C)CC=C2CC3CCC2(C3)C1(C)C. The molecule has 0 radical (unpaired) electrons. The molecule has 0 heteroatoms. The van der Waals surface area contributed by atoms with Crippen LogP contribution in [0.3, 0.4) is 0 Å². The highest BCUT2D eigenvalue weighted by Crippen LogP contribution is 2.71. The maximum Gasteiger partial charge on any atom is -0.00288 e. The summed E-state index contributed by atoms with van der Waals surface area (Å²) in [6.45, 7) is 10.0. The number of fused-ring (bicyclic) bond motifs is 1. The second kappa shape index (κ2) is 2.52. The van der Waals surface area contributed by atoms with E-state index in [1.54, 1.807) is 0 Å². The minimum absolute atomic E-state index is 0.482. The second-order valence-electron chi connectivity index (χ2n) is 7.34. The zero-order chi connectivity index (χ0) is 10.9. The number of rotatable bonds is 0. The first kappa shape index (κ1) is 9.93. The van der Waals surface area contributed by atoms with Crippen molar-refractivity contribution >= 4 is 0 Å². The quantitative estimate of drug-likeness (QED) is 0.507. The number of hydrogen-bond acceptors (Lipinski definition) is 0. The van der Waals surface area contributed by atoms with Gasteiger partial charge in [0.15, 0.2) is 0 Å². The normalized spacial score (nSPS) is 45.1. The highest BCUT2D eigenvalue weighted by atomic mass is 14.7. The zero-order valence-corrected chi connectivity index (χ0v) is 10.7. The van der Waals surface area contributed by atoms with Crippen LogP contribution in [0.2, 0.25) is 0 Å². The molecule has 3 rings (SSSR count). The smallest absolute Gasteiger partial charge is 0.00288 e. The van der Waals surface area contributed by atoms with Crippen LogP contribution in [0, 0.1) is 22.2 Å². The van der Waals surface area contributed by atoms with Crippen molar-refractivity contribution < 1.29 is 0 Å². The lowest BCUT2D eigenvalue weighted by atomic mass is 9.47. The van der Waals surface area contributed by atoms with E-state index < -0.39 is 0 Å². The summed E-state index contributed by atoms with van der Waals surface area (Å²) in [5.74, 6) is 1.03. The van der Waals surface area contributed by atoms with Crippen molar-refractivity contribution in [2.75, 3.05) is 0 Å². The van der Waals surface area contributed by atoms with E-state index in [1.807, 2.05) is 5.57 Å². The minimum Gasteiger partial charge on any atom is -0.0842 e. The maximum absolute atomic E-state index is 2.60. The van der Waals surface area contributed by atoms with Crippen molar-refractivity contribution in [2.24, 2.45) is 22.2 Å². The molecule has 84 valence electrons. The fourth-order valence-corrected chi connectivity index (χ4v) is 4.65. The Morgan fingerprint density at radius 2 is 1.93 bits per heavy atom. The van der Waals surface area contributed by atoms with Crippen LogP contribution in [0.4, 0.5) is 0 Å². The van der Waals surface area contributed by atoms with Gasteiger partial charge in [-0.3, -0.25) is 0 Å². The van der Waals surface area contributed by atoms with Gasteiger partial charge in [-0.05, 0) is 54.3 Å². The highest BCUT2D eigenvalue weighted by Gasteiger charge is 2.62. The summed E-state index contributed by atoms with van der Waals surface area (Å²) >= 11 is 0. The van der Waals surface area contributed by atoms with Crippen molar-refractivity contribution in [2.45, 2.75) is 59.8 Å². The van der Waals surface area contributed by atoms with Crippen molar-refractivity contribution in [3.05, 3.63) is 11.6 Å². The maximum atomic E-state index is 2.60. The summed E-state index contributed by atoms with van der Waals surface area (Å²) in [6, 6.07) is 0. The third kappa shape index (κ3) is 0.946. The standard InChI is InChI=1S/C15H24/c1-13(2)7-6-12-9-11-5-8-15(12,10-11)14(13,3)4/h6,11H,5,7-10H2,1-4H3. The van der Waals surface area contributed by atoms with E-state index in [0.29, 0.717) is 16.2 Å². The second-order valence-corrected chi connectivity index (χ2v) is 7.34. The first-order valence-corrected chi connectivity index (χ1v) is 6.59. The predicted molar refractivity (Wildman–Crippen MR) is 64.7 cm³/mol. The molecule has 0 N–H and O–H groups in total. The molecule has 2 bridgehead atoms. The van der Waals surface area contributed by atoms with Crippen molar-refractivity contribution in [3.8, 4) is 0 Å². The van der Waals surface area contributed by atoms with E-state index >= 15 is 0 Å². The van der Waals surface area contributed by atoms with Gasteiger partial charge < -0.3 is 0 Å². The first-order valence-electron chi connectivity index (χ1n) is 6.59. The first-order chi connectivity index (χ1) is 6.89. The summed E-state index contributed by atoms with van der Waals surface area (Å²) in [7, 11) is 0. The van der Waals surface area contributed by atoms with Crippen LogP contribution in [0.25, 0.3) is 0 Å². The van der Waals surface area contributed by atoms with Crippen LogP contribution in [0.15, 0.2) is 11.6 Å². The van der Waals surface area contributed by atoms with Crippen molar-refractivity contribution in [1.82, 2.24) is 0 Å². The molecule has 0 aromatic carbocycles. The Kier molecular flexibility index (Phi) is 1.67. The largest absolute Gasteiger partial charge is 0.0842 e. The van der Waals surface area contributed by atoms with Gasteiger partial charge in [0.2, 0.25) is 0 Å². The van der Waals surface area contributed by atoms with E-state index in [9.17, 15) is 0 Å². The molecule has 15 heavy (non-hydrogen) atoms. The summed E-state index contributed by atoms with van der Waals surface area (Å²) in [5.41, 5.74) is 3.41. The molecule has 0 saturated heterocycles. The minimum atomic E-state index is 0.482. The van der Waals surface area contributed by atoms with Crippen LogP contribution in [0.5, 0.6) is 0 Å². The molecule has 3 aliphatic rings. The van der Waals surface area contributed by atoms with Crippen molar-refractivity contribution in [1.29, 1.82) is 0 Å². The fraction of sp³-hybridized carbons (Fsp3) is 0.867. The predicted octanol–water partition coefficient (Wildman–Crippen LogP) is 4.56. The Labute approximate surface area is 94.1 Å². The van der Waals surface area contributed by atoms with E-state index in [2.05, 4.69) is 33.8 Å². The van der Waals surface area contributed by atoms with E-state index in [-0.39, 0.29) is 0 Å². The molecule has 0 heterocycles. The Bertz CT molecular complexity index is 332. The van der Waals surface area contributed by atoms with Gasteiger partial charge >= 0.3 is 0 Å². The summed E-state index contributed by atoms with van der Waals surface area (Å²) < 4.78 is 0. The van der Waals surface area contributed by atoms with Gasteiger partial charge in [0, 0.05) is 0 Å². The Hall–Kier alpha value is -0.260. The topological polar surface area (TPSA) is 0 Å². The molecule has 0 aliphatic heterocycles. The Balaban J connectivity index is 2.15. The molecule has 1 spiro atoms. The van der Waals surface area contributed by atoms with Gasteiger partial charge in [-0.25, -0.2) is 0 Å². The summed E-state index contributed by atoms with van der Waals surface area (Å²) in [6.07, 6.45) is 9.79. The molecule has 2 fully saturated rings. The highest BCUT2D eigenvalue weighted by molar-refractivity contribution is 5.32. The molecule has 3 aliphatic carbocycles. The molecule has 0 amide bonds. The van der Waals surface area contributed by atoms with Gasteiger partial charge in [-0.15, -0.1) is 0 Å². The lowest BCUT2D eigenvalue weighted by Gasteiger charge is -2.57. The molecule has 2 saturated carbocycles. The van der Waals surface area contributed by atoms with Crippen LogP contribution < -0.4 is 0 Å². The molecular formula is C15H24. The Morgan fingerprint density at radius 3 is 2.60 bits per heavy atom. The molecule has 2 unspecified atom stereocenters. The molecular weight excluding hydrogens is 180 g/mol. The van der Waals surface area contributed by atoms with Crippen molar-refractivity contribution in [3.63, 3.8) is 0 Å². The van der Waals surface area contributed by atoms with Gasteiger partial charge in [-0.1, -0.05) is 39.3 Å². The van der Waals surface area contributed by atoms with E-state index in [4.69, 9.17) is 0 Å². The average molecular weight is 204 g/mol. The number of allylic oxidation sites excluding steroid dienone is 2. The third-order valence-corrected chi connectivity index (χ3v) is 6.49. The lowest BCUT2D eigenvalue weighted by molar-refractivity contribution is -0.0208. The van der Waals surface area contributed by atoms with Crippen LogP contribution in [0.1, 0.15) is 59.8 Å². The van der Waals surface area contributed by atoms with Gasteiger partial charge in [0.1, 0.15) is 0 Å². The summed E-state index contributed by atoms with van der Waals surface area (Å²) in [5, 5.41) is 0. The fourth-order valence-electron chi connectivity index (χ4n) is 4.65. The van der Waals surface area contributed by atoms with Crippen LogP contribution in [-0.4, -0.2) is 0 Å². The van der Waals surface area contributed by atoms with Gasteiger partial charge in [0.25, 0.3) is 0 Å². The zero-order valence-electron chi connectivity index (χ0n) is 10.7. The Morgan fingerprint density at radius 1 is 1.20 bits per heavy atom. The molecule has 2 atom stereocenters. The molecule has 0 aromatic heterocycles. The lowest BCUT2D eigenvalue weighted by Crippen LogP contribution is -2.48. The van der Waals surface area contributed by atoms with Crippen LogP contribution in [-0.2, 0) is 0 Å². The third-order valence-electron chi connectivity index (χ3n) is 6.49. The molecule has 0 nitrogen and oxygen atoms in total. The van der Waals surface area contributed by atoms with Gasteiger partial charge in [-0.2, -0.15) is 0 Å². The van der Waals surface area contributed by atoms with Gasteiger partial charge in [0.05, 0.1) is 0 Å². The average Bonchev–Trinajstić information content (AvgIpc) is 2.71. The monoisotopic (exact) mass is 204 g/mol. The molecule has 0 aromatic rings.